The zero-order chi connectivity index (χ0) is 17.7. The number of nitrogens with two attached hydrogens (primary N) is 1. The minimum atomic E-state index is -0.617. The Morgan fingerprint density at radius 1 is 1.08 bits per heavy atom. The van der Waals surface area contributed by atoms with Crippen LogP contribution in [-0.2, 0) is 9.59 Å². The van der Waals surface area contributed by atoms with E-state index < -0.39 is 6.04 Å². The molecule has 1 saturated heterocycles. The standard InChI is InChI=1S/C18H28N4O2.2ClH/c1-12(13(2)19)17(23)20-14(3)18(24)21-15-7-6-8-16(11-15)22-9-4-5-10-22;;/h6-8,11-14H,4-5,9-10,19H2,1-3H3,(H,20,23)(H,21,24);2*1H. The van der Waals surface area contributed by atoms with Gasteiger partial charge in [-0.1, -0.05) is 13.0 Å². The van der Waals surface area contributed by atoms with Gasteiger partial charge in [0.2, 0.25) is 11.8 Å². The van der Waals surface area contributed by atoms with Crippen LogP contribution in [0.2, 0.25) is 0 Å². The van der Waals surface area contributed by atoms with Gasteiger partial charge in [0.05, 0.1) is 0 Å². The summed E-state index contributed by atoms with van der Waals surface area (Å²) in [6.07, 6.45) is 2.41. The molecule has 1 aliphatic rings. The number of halogens is 2. The fourth-order valence-corrected chi connectivity index (χ4v) is 2.66. The monoisotopic (exact) mass is 404 g/mol. The summed E-state index contributed by atoms with van der Waals surface area (Å²) in [5.74, 6) is -0.781. The van der Waals surface area contributed by atoms with Gasteiger partial charge >= 0.3 is 0 Å². The lowest BCUT2D eigenvalue weighted by atomic mass is 10.0. The maximum Gasteiger partial charge on any atom is 0.246 e. The minimum absolute atomic E-state index is 0. The Kier molecular flexibility index (Phi) is 10.6. The molecule has 6 nitrogen and oxygen atoms in total. The molecule has 0 aromatic heterocycles. The predicted molar refractivity (Wildman–Crippen MR) is 111 cm³/mol. The molecule has 1 heterocycles. The van der Waals surface area contributed by atoms with Crippen molar-refractivity contribution in [2.24, 2.45) is 11.7 Å². The summed E-state index contributed by atoms with van der Waals surface area (Å²) >= 11 is 0. The summed E-state index contributed by atoms with van der Waals surface area (Å²) in [6.45, 7) is 7.31. The first kappa shape index (κ1) is 24.5. The van der Waals surface area contributed by atoms with Gasteiger partial charge in [-0.25, -0.2) is 0 Å². The maximum absolute atomic E-state index is 12.3. The number of anilines is 2. The van der Waals surface area contributed by atoms with E-state index in [1.165, 1.54) is 12.8 Å². The smallest absolute Gasteiger partial charge is 0.246 e. The lowest BCUT2D eigenvalue weighted by Gasteiger charge is -2.20. The summed E-state index contributed by atoms with van der Waals surface area (Å²) < 4.78 is 0. The van der Waals surface area contributed by atoms with Crippen molar-refractivity contribution < 1.29 is 9.59 Å². The van der Waals surface area contributed by atoms with Gasteiger partial charge in [-0.05, 0) is 44.9 Å². The van der Waals surface area contributed by atoms with Gasteiger partial charge in [0, 0.05) is 36.4 Å². The second kappa shape index (κ2) is 11.3. The van der Waals surface area contributed by atoms with Gasteiger partial charge in [0.25, 0.3) is 0 Å². The van der Waals surface area contributed by atoms with Gasteiger partial charge in [-0.2, -0.15) is 0 Å². The average Bonchev–Trinajstić information content (AvgIpc) is 3.08. The predicted octanol–water partition coefficient (Wildman–Crippen LogP) is 2.56. The maximum atomic E-state index is 12.3. The van der Waals surface area contributed by atoms with Gasteiger partial charge in [0.15, 0.2) is 0 Å². The molecule has 1 aromatic carbocycles. The second-order valence-corrected chi connectivity index (χ2v) is 6.61. The topological polar surface area (TPSA) is 87.5 Å². The molecule has 8 heteroatoms. The molecule has 26 heavy (non-hydrogen) atoms. The van der Waals surface area contributed by atoms with Crippen molar-refractivity contribution >= 4 is 48.0 Å². The molecule has 4 N–H and O–H groups in total. The third-order valence-corrected chi connectivity index (χ3v) is 4.54. The molecule has 1 fully saturated rings. The van der Waals surface area contributed by atoms with Crippen molar-refractivity contribution in [2.45, 2.75) is 45.7 Å². The molecular formula is C18H30Cl2N4O2. The Bertz CT molecular complexity index is 592. The number of carbonyl (C=O) groups excluding carboxylic acids is 2. The number of hydrogen-bond acceptors (Lipinski definition) is 4. The van der Waals surface area contributed by atoms with Crippen LogP contribution in [-0.4, -0.2) is 37.0 Å². The fourth-order valence-electron chi connectivity index (χ4n) is 2.66. The van der Waals surface area contributed by atoms with Crippen molar-refractivity contribution in [2.75, 3.05) is 23.3 Å². The normalized spacial score (nSPS) is 16.5. The second-order valence-electron chi connectivity index (χ2n) is 6.61. The first-order valence-electron chi connectivity index (χ1n) is 8.60. The average molecular weight is 405 g/mol. The number of rotatable bonds is 6. The molecule has 1 aliphatic heterocycles. The van der Waals surface area contributed by atoms with Crippen molar-refractivity contribution in [3.63, 3.8) is 0 Å². The van der Waals surface area contributed by atoms with Gasteiger partial charge in [0.1, 0.15) is 6.04 Å². The SMILES string of the molecule is CC(NC(=O)C(C)C(C)N)C(=O)Nc1cccc(N2CCCC2)c1.Cl.Cl. The largest absolute Gasteiger partial charge is 0.371 e. The van der Waals surface area contributed by atoms with E-state index in [0.717, 1.165) is 24.5 Å². The first-order valence-corrected chi connectivity index (χ1v) is 8.60. The highest BCUT2D eigenvalue weighted by molar-refractivity contribution is 5.97. The molecule has 0 bridgehead atoms. The molecule has 0 spiro atoms. The van der Waals surface area contributed by atoms with Crippen LogP contribution in [0.1, 0.15) is 33.6 Å². The Balaban J connectivity index is 0.00000312. The molecule has 0 radical (unpaired) electrons. The van der Waals surface area contributed by atoms with E-state index >= 15 is 0 Å². The number of amides is 2. The molecular weight excluding hydrogens is 375 g/mol. The van der Waals surface area contributed by atoms with Crippen LogP contribution >= 0.6 is 24.8 Å². The van der Waals surface area contributed by atoms with Crippen LogP contribution < -0.4 is 21.3 Å². The van der Waals surface area contributed by atoms with Crippen LogP contribution in [0.3, 0.4) is 0 Å². The third-order valence-electron chi connectivity index (χ3n) is 4.54. The van der Waals surface area contributed by atoms with Gasteiger partial charge < -0.3 is 21.3 Å². The zero-order valence-electron chi connectivity index (χ0n) is 15.5. The Labute approximate surface area is 168 Å². The molecule has 148 valence electrons. The van der Waals surface area contributed by atoms with E-state index in [-0.39, 0.29) is 48.6 Å². The summed E-state index contributed by atoms with van der Waals surface area (Å²) in [5.41, 5.74) is 7.58. The molecule has 2 rings (SSSR count). The van der Waals surface area contributed by atoms with E-state index in [0.29, 0.717) is 0 Å². The van der Waals surface area contributed by atoms with E-state index in [4.69, 9.17) is 5.73 Å². The van der Waals surface area contributed by atoms with E-state index in [1.54, 1.807) is 20.8 Å². The highest BCUT2D eigenvalue weighted by atomic mass is 35.5. The molecule has 0 saturated carbocycles. The van der Waals surface area contributed by atoms with Crippen LogP contribution in [0, 0.1) is 5.92 Å². The van der Waals surface area contributed by atoms with Crippen molar-refractivity contribution in [3.8, 4) is 0 Å². The quantitative estimate of drug-likeness (QED) is 0.679. The summed E-state index contributed by atoms with van der Waals surface area (Å²) in [7, 11) is 0. The number of benzene rings is 1. The lowest BCUT2D eigenvalue weighted by molar-refractivity contribution is -0.128. The Morgan fingerprint density at radius 3 is 2.27 bits per heavy atom. The van der Waals surface area contributed by atoms with E-state index in [9.17, 15) is 9.59 Å². The van der Waals surface area contributed by atoms with E-state index in [2.05, 4.69) is 21.6 Å². The summed E-state index contributed by atoms with van der Waals surface area (Å²) in [4.78, 5) is 26.6. The molecule has 2 amide bonds. The van der Waals surface area contributed by atoms with Crippen LogP contribution in [0.4, 0.5) is 11.4 Å². The van der Waals surface area contributed by atoms with Crippen LogP contribution in [0.25, 0.3) is 0 Å². The van der Waals surface area contributed by atoms with Crippen molar-refractivity contribution in [3.05, 3.63) is 24.3 Å². The third kappa shape index (κ3) is 6.67. The van der Waals surface area contributed by atoms with Crippen molar-refractivity contribution in [1.82, 2.24) is 5.32 Å². The van der Waals surface area contributed by atoms with Gasteiger partial charge in [-0.15, -0.1) is 24.8 Å². The lowest BCUT2D eigenvalue weighted by Crippen LogP contribution is -2.46. The van der Waals surface area contributed by atoms with Crippen LogP contribution in [0.15, 0.2) is 24.3 Å². The summed E-state index contributed by atoms with van der Waals surface area (Å²) in [5, 5.41) is 5.58. The molecule has 0 aliphatic carbocycles. The Hall–Kier alpha value is -1.50. The minimum Gasteiger partial charge on any atom is -0.371 e. The zero-order valence-corrected chi connectivity index (χ0v) is 17.2. The number of hydrogen-bond donors (Lipinski definition) is 3. The highest BCUT2D eigenvalue weighted by Crippen LogP contribution is 2.23. The van der Waals surface area contributed by atoms with E-state index in [1.807, 2.05) is 18.2 Å². The fraction of sp³-hybridized carbons (Fsp3) is 0.556. The van der Waals surface area contributed by atoms with Crippen molar-refractivity contribution in [1.29, 1.82) is 0 Å². The number of nitrogens with one attached hydrogen (secondary N) is 2. The Morgan fingerprint density at radius 2 is 1.69 bits per heavy atom. The number of carbonyl (C=O) groups is 2. The van der Waals surface area contributed by atoms with Crippen LogP contribution in [0.5, 0.6) is 0 Å². The molecule has 3 unspecified atom stereocenters. The molecule has 1 aromatic rings. The van der Waals surface area contributed by atoms with Gasteiger partial charge in [-0.3, -0.25) is 9.59 Å². The molecule has 3 atom stereocenters. The summed E-state index contributed by atoms with van der Waals surface area (Å²) in [6, 6.07) is 6.95. The number of nitrogens with zero attached hydrogens (tertiary/aromatic N) is 1. The highest BCUT2D eigenvalue weighted by Gasteiger charge is 2.22. The first-order chi connectivity index (χ1) is 11.4.